The number of hydrogen-bond donors (Lipinski definition) is 1. The molecule has 0 saturated heterocycles. The zero-order valence-electron chi connectivity index (χ0n) is 9.12. The lowest BCUT2D eigenvalue weighted by molar-refractivity contribution is 0.0965. The Balaban J connectivity index is 1.90. The summed E-state index contributed by atoms with van der Waals surface area (Å²) in [6.07, 6.45) is 5.00. The molecule has 82 valence electrons. The van der Waals surface area contributed by atoms with Gasteiger partial charge in [0.25, 0.3) is 5.91 Å². The van der Waals surface area contributed by atoms with E-state index < -0.39 is 0 Å². The molecule has 0 bridgehead atoms. The predicted molar refractivity (Wildman–Crippen MR) is 59.4 cm³/mol. The lowest BCUT2D eigenvalue weighted by Gasteiger charge is -2.07. The van der Waals surface area contributed by atoms with Gasteiger partial charge in [0.1, 0.15) is 0 Å². The Morgan fingerprint density at radius 3 is 2.62 bits per heavy atom. The third-order valence-electron chi connectivity index (χ3n) is 3.81. The highest BCUT2D eigenvalue weighted by molar-refractivity contribution is 5.98. The van der Waals surface area contributed by atoms with Gasteiger partial charge in [0.2, 0.25) is 0 Å². The average Bonchev–Trinajstić information content (AvgIpc) is 3.16. The molecule has 0 unspecified atom stereocenters. The van der Waals surface area contributed by atoms with Crippen LogP contribution in [0.4, 0.5) is 0 Å². The van der Waals surface area contributed by atoms with Crippen LogP contribution in [0.2, 0.25) is 0 Å². The molecular weight excluding hydrogens is 200 g/mol. The molecule has 3 heteroatoms. The molecule has 4 rings (SSSR count). The molecule has 1 aromatic rings. The van der Waals surface area contributed by atoms with Gasteiger partial charge >= 0.3 is 0 Å². The Morgan fingerprint density at radius 2 is 1.94 bits per heavy atom. The molecule has 1 aromatic heterocycles. The van der Waals surface area contributed by atoms with Gasteiger partial charge in [-0.05, 0) is 31.7 Å². The third-order valence-corrected chi connectivity index (χ3v) is 3.81. The van der Waals surface area contributed by atoms with E-state index in [1.54, 1.807) is 0 Å². The van der Waals surface area contributed by atoms with Gasteiger partial charge in [-0.3, -0.25) is 9.78 Å². The maximum absolute atomic E-state index is 11.7. The van der Waals surface area contributed by atoms with Crippen LogP contribution in [0.15, 0.2) is 6.07 Å². The second-order valence-electron chi connectivity index (χ2n) is 5.19. The zero-order chi connectivity index (χ0) is 10.7. The van der Waals surface area contributed by atoms with Gasteiger partial charge in [0, 0.05) is 40.9 Å². The fourth-order valence-corrected chi connectivity index (χ4v) is 2.55. The smallest absolute Gasteiger partial charge is 0.252 e. The number of rotatable bonds is 2. The Morgan fingerprint density at radius 1 is 1.19 bits per heavy atom. The summed E-state index contributed by atoms with van der Waals surface area (Å²) in [7, 11) is 0. The van der Waals surface area contributed by atoms with Gasteiger partial charge in [-0.25, -0.2) is 0 Å². The summed E-state index contributed by atoms with van der Waals surface area (Å²) in [6, 6.07) is 2.03. The molecule has 2 saturated carbocycles. The Kier molecular flexibility index (Phi) is 1.55. The first-order valence-electron chi connectivity index (χ1n) is 6.15. The number of hydrogen-bond acceptors (Lipinski definition) is 2. The number of aromatic nitrogens is 1. The Bertz CT molecular complexity index is 487. The maximum atomic E-state index is 11.7. The summed E-state index contributed by atoms with van der Waals surface area (Å²) < 4.78 is 0. The molecule has 1 aliphatic heterocycles. The molecule has 0 spiro atoms. The number of carbonyl (C=O) groups excluding carboxylic acids is 1. The van der Waals surface area contributed by atoms with Crippen LogP contribution in [0.25, 0.3) is 0 Å². The van der Waals surface area contributed by atoms with Crippen molar-refractivity contribution in [1.29, 1.82) is 0 Å². The van der Waals surface area contributed by atoms with Crippen molar-refractivity contribution in [3.05, 3.63) is 28.6 Å². The number of pyridine rings is 1. The van der Waals surface area contributed by atoms with E-state index in [0.29, 0.717) is 18.4 Å². The van der Waals surface area contributed by atoms with E-state index in [4.69, 9.17) is 4.98 Å². The van der Waals surface area contributed by atoms with Crippen LogP contribution >= 0.6 is 0 Å². The van der Waals surface area contributed by atoms with Crippen LogP contribution in [-0.2, 0) is 6.54 Å². The molecule has 2 heterocycles. The number of nitrogens with zero attached hydrogens (tertiary/aromatic N) is 1. The van der Waals surface area contributed by atoms with Crippen molar-refractivity contribution in [2.75, 3.05) is 0 Å². The number of fused-ring (bicyclic) bond motifs is 1. The van der Waals surface area contributed by atoms with E-state index in [2.05, 4.69) is 5.32 Å². The van der Waals surface area contributed by atoms with E-state index in [1.807, 2.05) is 6.07 Å². The quantitative estimate of drug-likeness (QED) is 0.819. The SMILES string of the molecule is O=C1NCc2c1cc(C1CC1)nc2C1CC1. The van der Waals surface area contributed by atoms with Crippen LogP contribution < -0.4 is 5.32 Å². The molecule has 0 radical (unpaired) electrons. The average molecular weight is 214 g/mol. The van der Waals surface area contributed by atoms with Gasteiger partial charge in [-0.1, -0.05) is 0 Å². The molecular formula is C13H14N2O. The van der Waals surface area contributed by atoms with Gasteiger partial charge in [0.05, 0.1) is 0 Å². The van der Waals surface area contributed by atoms with Crippen LogP contribution in [0.1, 0.15) is 64.8 Å². The molecule has 16 heavy (non-hydrogen) atoms. The van der Waals surface area contributed by atoms with Crippen molar-refractivity contribution in [3.63, 3.8) is 0 Å². The van der Waals surface area contributed by atoms with Crippen molar-refractivity contribution >= 4 is 5.91 Å². The minimum atomic E-state index is 0.0983. The molecule has 0 aromatic carbocycles. The normalized spacial score (nSPS) is 23.1. The number of nitrogens with one attached hydrogen (secondary N) is 1. The van der Waals surface area contributed by atoms with Crippen LogP contribution in [0, 0.1) is 0 Å². The second kappa shape index (κ2) is 2.84. The topological polar surface area (TPSA) is 42.0 Å². The van der Waals surface area contributed by atoms with E-state index in [0.717, 1.165) is 11.3 Å². The van der Waals surface area contributed by atoms with Gasteiger partial charge < -0.3 is 5.32 Å². The van der Waals surface area contributed by atoms with Gasteiger partial charge in [-0.15, -0.1) is 0 Å². The van der Waals surface area contributed by atoms with Crippen molar-refractivity contribution in [2.45, 2.75) is 44.1 Å². The lowest BCUT2D eigenvalue weighted by Crippen LogP contribution is -2.12. The van der Waals surface area contributed by atoms with E-state index >= 15 is 0 Å². The maximum Gasteiger partial charge on any atom is 0.252 e. The largest absolute Gasteiger partial charge is 0.348 e. The lowest BCUT2D eigenvalue weighted by atomic mass is 10.0. The van der Waals surface area contributed by atoms with Crippen molar-refractivity contribution in [3.8, 4) is 0 Å². The van der Waals surface area contributed by atoms with Crippen molar-refractivity contribution in [1.82, 2.24) is 10.3 Å². The standard InChI is InChI=1S/C13H14N2O/c16-13-9-5-11(7-1-2-7)15-12(8-3-4-8)10(9)6-14-13/h5,7-8H,1-4,6H2,(H,14,16). The van der Waals surface area contributed by atoms with Gasteiger partial charge in [-0.2, -0.15) is 0 Å². The zero-order valence-corrected chi connectivity index (χ0v) is 9.12. The highest BCUT2D eigenvalue weighted by Crippen LogP contribution is 2.45. The highest BCUT2D eigenvalue weighted by atomic mass is 16.1. The van der Waals surface area contributed by atoms with Crippen molar-refractivity contribution < 1.29 is 4.79 Å². The molecule has 2 aliphatic carbocycles. The minimum Gasteiger partial charge on any atom is -0.348 e. The molecule has 3 aliphatic rings. The van der Waals surface area contributed by atoms with Crippen molar-refractivity contribution in [2.24, 2.45) is 0 Å². The highest BCUT2D eigenvalue weighted by Gasteiger charge is 2.35. The Hall–Kier alpha value is -1.38. The van der Waals surface area contributed by atoms with Crippen LogP contribution in [0.3, 0.4) is 0 Å². The summed E-state index contributed by atoms with van der Waals surface area (Å²) >= 11 is 0. The number of amides is 1. The monoisotopic (exact) mass is 214 g/mol. The summed E-state index contributed by atoms with van der Waals surface area (Å²) in [5, 5.41) is 2.92. The Labute approximate surface area is 94.3 Å². The fraction of sp³-hybridized carbons (Fsp3) is 0.538. The van der Waals surface area contributed by atoms with E-state index in [-0.39, 0.29) is 5.91 Å². The molecule has 1 N–H and O–H groups in total. The third kappa shape index (κ3) is 1.20. The first kappa shape index (κ1) is 8.74. The fourth-order valence-electron chi connectivity index (χ4n) is 2.55. The molecule has 1 amide bonds. The minimum absolute atomic E-state index is 0.0983. The second-order valence-corrected chi connectivity index (χ2v) is 5.19. The van der Waals surface area contributed by atoms with Crippen LogP contribution in [-0.4, -0.2) is 10.9 Å². The molecule has 2 fully saturated rings. The number of carbonyl (C=O) groups is 1. The molecule has 0 atom stereocenters. The predicted octanol–water partition coefficient (Wildman–Crippen LogP) is 2.08. The first-order chi connectivity index (χ1) is 7.83. The van der Waals surface area contributed by atoms with Gasteiger partial charge in [0.15, 0.2) is 0 Å². The summed E-state index contributed by atoms with van der Waals surface area (Å²) in [5.74, 6) is 1.37. The first-order valence-corrected chi connectivity index (χ1v) is 6.15. The van der Waals surface area contributed by atoms with Crippen LogP contribution in [0.5, 0.6) is 0 Å². The summed E-state index contributed by atoms with van der Waals surface area (Å²) in [4.78, 5) is 16.5. The summed E-state index contributed by atoms with van der Waals surface area (Å²) in [6.45, 7) is 0.692. The van der Waals surface area contributed by atoms with E-state index in [9.17, 15) is 4.79 Å². The van der Waals surface area contributed by atoms with E-state index in [1.165, 1.54) is 36.9 Å². The summed E-state index contributed by atoms with van der Waals surface area (Å²) in [5.41, 5.74) is 4.46. The molecule has 3 nitrogen and oxygen atoms in total.